The molecular weight excluding hydrogens is 312 g/mol. The number of sulfonamides is 1. The monoisotopic (exact) mass is 330 g/mol. The average Bonchev–Trinajstić information content (AvgIpc) is 2.89. The number of hydrogen-bond acceptors (Lipinski definition) is 4. The van der Waals surface area contributed by atoms with Gasteiger partial charge in [-0.2, -0.15) is 5.10 Å². The van der Waals surface area contributed by atoms with Crippen LogP contribution in [0.1, 0.15) is 22.3 Å². The number of nitrogens with one attached hydrogen (secondary N) is 1. The minimum atomic E-state index is -3.71. The number of anilines is 1. The topological polar surface area (TPSA) is 76.4 Å². The summed E-state index contributed by atoms with van der Waals surface area (Å²) in [5.74, 6) is 0. The molecule has 0 saturated carbocycles. The van der Waals surface area contributed by atoms with Crippen LogP contribution >= 0.6 is 0 Å². The molecule has 0 fully saturated rings. The van der Waals surface area contributed by atoms with Gasteiger partial charge in [0.2, 0.25) is 0 Å². The highest BCUT2D eigenvalue weighted by Crippen LogP contribution is 2.27. The first kappa shape index (κ1) is 15.5. The zero-order valence-electron chi connectivity index (χ0n) is 13.5. The number of pyridine rings is 1. The van der Waals surface area contributed by atoms with E-state index in [1.807, 2.05) is 26.0 Å². The molecule has 23 heavy (non-hydrogen) atoms. The van der Waals surface area contributed by atoms with Crippen LogP contribution in [-0.2, 0) is 10.0 Å². The zero-order chi connectivity index (χ0) is 16.8. The summed E-state index contributed by atoms with van der Waals surface area (Å²) >= 11 is 0. The fourth-order valence-electron chi connectivity index (χ4n) is 2.88. The third-order valence-electron chi connectivity index (χ3n) is 3.77. The van der Waals surface area contributed by atoms with Crippen molar-refractivity contribution in [3.63, 3.8) is 0 Å². The molecule has 0 spiro atoms. The maximum atomic E-state index is 12.9. The minimum Gasteiger partial charge on any atom is -0.275 e. The smallest absolute Gasteiger partial charge is 0.262 e. The molecule has 120 valence electrons. The van der Waals surface area contributed by atoms with Gasteiger partial charge in [-0.3, -0.25) is 4.72 Å². The number of rotatable bonds is 3. The average molecular weight is 330 g/mol. The zero-order valence-corrected chi connectivity index (χ0v) is 14.3. The molecule has 0 aliphatic carbocycles. The first-order chi connectivity index (χ1) is 10.8. The van der Waals surface area contributed by atoms with Crippen LogP contribution in [0, 0.1) is 27.7 Å². The van der Waals surface area contributed by atoms with Crippen molar-refractivity contribution < 1.29 is 8.42 Å². The molecule has 3 aromatic rings. The molecule has 2 heterocycles. The van der Waals surface area contributed by atoms with E-state index in [0.717, 1.165) is 22.3 Å². The summed E-state index contributed by atoms with van der Waals surface area (Å²) in [7, 11) is -3.71. The van der Waals surface area contributed by atoms with Crippen LogP contribution in [0.3, 0.4) is 0 Å². The van der Waals surface area contributed by atoms with Gasteiger partial charge in [0.1, 0.15) is 6.33 Å². The Morgan fingerprint density at radius 1 is 1.04 bits per heavy atom. The molecule has 3 rings (SSSR count). The summed E-state index contributed by atoms with van der Waals surface area (Å²) in [6.07, 6.45) is 3.15. The van der Waals surface area contributed by atoms with Gasteiger partial charge in [0, 0.05) is 6.20 Å². The fraction of sp³-hybridized carbons (Fsp3) is 0.250. The molecule has 6 nitrogen and oxygen atoms in total. The molecule has 1 aromatic carbocycles. The summed E-state index contributed by atoms with van der Waals surface area (Å²) in [6, 6.07) is 5.53. The third kappa shape index (κ3) is 2.68. The Kier molecular flexibility index (Phi) is 3.60. The van der Waals surface area contributed by atoms with Crippen molar-refractivity contribution in [1.82, 2.24) is 14.6 Å². The van der Waals surface area contributed by atoms with Crippen molar-refractivity contribution in [3.05, 3.63) is 53.0 Å². The first-order valence-corrected chi connectivity index (χ1v) is 8.67. The number of benzene rings is 1. The van der Waals surface area contributed by atoms with Gasteiger partial charge in [-0.05, 0) is 50.5 Å². The lowest BCUT2D eigenvalue weighted by atomic mass is 10.1. The Bertz CT molecular complexity index is 983. The van der Waals surface area contributed by atoms with Gasteiger partial charge in [-0.1, -0.05) is 17.7 Å². The van der Waals surface area contributed by atoms with E-state index in [4.69, 9.17) is 0 Å². The van der Waals surface area contributed by atoms with Crippen molar-refractivity contribution >= 4 is 21.4 Å². The first-order valence-electron chi connectivity index (χ1n) is 7.19. The summed E-state index contributed by atoms with van der Waals surface area (Å²) < 4.78 is 30.0. The third-order valence-corrected chi connectivity index (χ3v) is 5.42. The molecular formula is C16H18N4O2S. The van der Waals surface area contributed by atoms with E-state index < -0.39 is 10.0 Å². The van der Waals surface area contributed by atoms with E-state index in [1.165, 1.54) is 6.33 Å². The number of aryl methyl sites for hydroxylation is 4. The molecule has 0 amide bonds. The van der Waals surface area contributed by atoms with E-state index in [1.54, 1.807) is 30.6 Å². The van der Waals surface area contributed by atoms with Crippen LogP contribution in [0.4, 0.5) is 5.69 Å². The molecule has 0 radical (unpaired) electrons. The van der Waals surface area contributed by atoms with Gasteiger partial charge in [0.15, 0.2) is 5.65 Å². The number of fused-ring (bicyclic) bond motifs is 1. The van der Waals surface area contributed by atoms with Crippen LogP contribution in [0.2, 0.25) is 0 Å². The highest BCUT2D eigenvalue weighted by Gasteiger charge is 2.22. The fourth-order valence-corrected chi connectivity index (χ4v) is 4.47. The molecule has 0 atom stereocenters. The molecule has 0 aliphatic heterocycles. The van der Waals surface area contributed by atoms with Crippen molar-refractivity contribution in [1.29, 1.82) is 0 Å². The van der Waals surface area contributed by atoms with Gasteiger partial charge in [0.25, 0.3) is 10.0 Å². The van der Waals surface area contributed by atoms with E-state index in [-0.39, 0.29) is 0 Å². The van der Waals surface area contributed by atoms with Crippen LogP contribution < -0.4 is 4.72 Å². The second-order valence-corrected chi connectivity index (χ2v) is 7.35. The summed E-state index contributed by atoms with van der Waals surface area (Å²) in [6.45, 7) is 7.39. The lowest BCUT2D eigenvalue weighted by molar-refractivity contribution is 0.600. The normalized spacial score (nSPS) is 11.8. The summed E-state index contributed by atoms with van der Waals surface area (Å²) in [4.78, 5) is 4.45. The largest absolute Gasteiger partial charge is 0.275 e. The predicted octanol–water partition coefficient (Wildman–Crippen LogP) is 2.76. The van der Waals surface area contributed by atoms with Gasteiger partial charge in [-0.15, -0.1) is 0 Å². The standard InChI is InChI=1S/C16H18N4O2S/c1-10-7-12(3)15(13(4)8-10)23(21,22)19-14-11(2)5-6-20-16(14)17-9-18-20/h5-9,19H,1-4H3. The van der Waals surface area contributed by atoms with E-state index in [0.29, 0.717) is 16.2 Å². The van der Waals surface area contributed by atoms with Crippen molar-refractivity contribution in [2.24, 2.45) is 0 Å². The molecule has 0 saturated heterocycles. The number of nitrogens with zero attached hydrogens (tertiary/aromatic N) is 3. The Morgan fingerprint density at radius 2 is 1.70 bits per heavy atom. The Morgan fingerprint density at radius 3 is 2.35 bits per heavy atom. The van der Waals surface area contributed by atoms with E-state index in [2.05, 4.69) is 14.8 Å². The van der Waals surface area contributed by atoms with E-state index >= 15 is 0 Å². The van der Waals surface area contributed by atoms with Gasteiger partial charge < -0.3 is 0 Å². The van der Waals surface area contributed by atoms with Crippen LogP contribution in [-0.4, -0.2) is 23.0 Å². The van der Waals surface area contributed by atoms with E-state index in [9.17, 15) is 8.42 Å². The number of hydrogen-bond donors (Lipinski definition) is 1. The van der Waals surface area contributed by atoms with Crippen LogP contribution in [0.25, 0.3) is 5.65 Å². The highest BCUT2D eigenvalue weighted by atomic mass is 32.2. The lowest BCUT2D eigenvalue weighted by Gasteiger charge is -2.15. The maximum absolute atomic E-state index is 12.9. The SMILES string of the molecule is Cc1cc(C)c(S(=O)(=O)Nc2c(C)ccn3ncnc23)c(C)c1. The second kappa shape index (κ2) is 5.34. The van der Waals surface area contributed by atoms with Crippen LogP contribution in [0.5, 0.6) is 0 Å². The predicted molar refractivity (Wildman–Crippen MR) is 89.2 cm³/mol. The van der Waals surface area contributed by atoms with Crippen molar-refractivity contribution in [2.45, 2.75) is 32.6 Å². The van der Waals surface area contributed by atoms with Crippen molar-refractivity contribution in [3.8, 4) is 0 Å². The molecule has 0 aliphatic rings. The Hall–Kier alpha value is -2.41. The maximum Gasteiger partial charge on any atom is 0.262 e. The van der Waals surface area contributed by atoms with Crippen molar-refractivity contribution in [2.75, 3.05) is 4.72 Å². The van der Waals surface area contributed by atoms with Gasteiger partial charge in [0.05, 0.1) is 10.6 Å². The quantitative estimate of drug-likeness (QED) is 0.801. The second-order valence-electron chi connectivity index (χ2n) is 5.74. The summed E-state index contributed by atoms with van der Waals surface area (Å²) in [5.41, 5.74) is 4.20. The molecule has 0 unspecified atom stereocenters. The Balaban J connectivity index is 2.15. The Labute approximate surface area is 135 Å². The van der Waals surface area contributed by atoms with Gasteiger partial charge >= 0.3 is 0 Å². The van der Waals surface area contributed by atoms with Gasteiger partial charge in [-0.25, -0.2) is 17.9 Å². The lowest BCUT2D eigenvalue weighted by Crippen LogP contribution is -2.17. The number of aromatic nitrogens is 3. The molecule has 7 heteroatoms. The molecule has 0 bridgehead atoms. The molecule has 2 aromatic heterocycles. The summed E-state index contributed by atoms with van der Waals surface area (Å²) in [5, 5.41) is 4.04. The van der Waals surface area contributed by atoms with Crippen LogP contribution in [0.15, 0.2) is 35.6 Å². The minimum absolute atomic E-state index is 0.309. The highest BCUT2D eigenvalue weighted by molar-refractivity contribution is 7.92. The molecule has 1 N–H and O–H groups in total.